The van der Waals surface area contributed by atoms with Gasteiger partial charge in [-0.05, 0) is 53.9 Å². The topological polar surface area (TPSA) is 105 Å². The third kappa shape index (κ3) is 4.77. The zero-order valence-corrected chi connectivity index (χ0v) is 19.8. The van der Waals surface area contributed by atoms with Crippen molar-refractivity contribution in [3.63, 3.8) is 0 Å². The highest BCUT2D eigenvalue weighted by Gasteiger charge is 2.45. The Hall–Kier alpha value is -3.35. The van der Waals surface area contributed by atoms with Gasteiger partial charge in [-0.25, -0.2) is 9.59 Å². The van der Waals surface area contributed by atoms with Crippen molar-refractivity contribution in [2.75, 3.05) is 6.61 Å². The van der Waals surface area contributed by atoms with Crippen LogP contribution in [0.5, 0.6) is 0 Å². The molecule has 0 bridgehead atoms. The largest absolute Gasteiger partial charge is 0.480 e. The average molecular weight is 477 g/mol. The normalized spacial score (nSPS) is 19.5. The third-order valence-corrected chi connectivity index (χ3v) is 7.72. The Labute approximate surface area is 205 Å². The Bertz CT molecular complexity index is 1070. The van der Waals surface area contributed by atoms with Crippen molar-refractivity contribution in [2.24, 2.45) is 5.92 Å². The van der Waals surface area contributed by atoms with E-state index in [4.69, 9.17) is 4.74 Å². The van der Waals surface area contributed by atoms with Crippen LogP contribution >= 0.6 is 0 Å². The molecule has 7 nitrogen and oxygen atoms in total. The van der Waals surface area contributed by atoms with Gasteiger partial charge >= 0.3 is 12.1 Å². The summed E-state index contributed by atoms with van der Waals surface area (Å²) < 4.78 is 5.63. The van der Waals surface area contributed by atoms with E-state index >= 15 is 0 Å². The van der Waals surface area contributed by atoms with Gasteiger partial charge < -0.3 is 20.5 Å². The van der Waals surface area contributed by atoms with Gasteiger partial charge in [-0.1, -0.05) is 74.2 Å². The van der Waals surface area contributed by atoms with Crippen LogP contribution in [0.1, 0.15) is 68.4 Å². The Morgan fingerprint density at radius 2 is 1.49 bits per heavy atom. The number of rotatable bonds is 7. The zero-order chi connectivity index (χ0) is 24.4. The summed E-state index contributed by atoms with van der Waals surface area (Å²) in [5.41, 5.74) is 3.28. The number of carbonyl (C=O) groups is 3. The van der Waals surface area contributed by atoms with Crippen molar-refractivity contribution in [2.45, 2.75) is 68.9 Å². The van der Waals surface area contributed by atoms with Crippen LogP contribution < -0.4 is 10.6 Å². The van der Waals surface area contributed by atoms with Crippen molar-refractivity contribution in [3.8, 4) is 11.1 Å². The molecule has 0 aromatic heterocycles. The summed E-state index contributed by atoms with van der Waals surface area (Å²) in [7, 11) is 0. The van der Waals surface area contributed by atoms with Crippen LogP contribution in [0.25, 0.3) is 11.1 Å². The summed E-state index contributed by atoms with van der Waals surface area (Å²) >= 11 is 0. The SMILES string of the molecule is O=C(NC(C(=O)NC1(C(=O)O)CCCCCC1)C1CC1)OCC1c2ccccc2-c2ccccc21. The van der Waals surface area contributed by atoms with E-state index in [-0.39, 0.29) is 18.4 Å². The number of nitrogens with one attached hydrogen (secondary N) is 2. The molecule has 35 heavy (non-hydrogen) atoms. The molecule has 2 saturated carbocycles. The molecule has 2 aromatic carbocycles. The van der Waals surface area contributed by atoms with Gasteiger partial charge in [0.25, 0.3) is 0 Å². The van der Waals surface area contributed by atoms with Gasteiger partial charge in [-0.15, -0.1) is 0 Å². The average Bonchev–Trinajstić information content (AvgIpc) is 3.68. The predicted molar refractivity (Wildman–Crippen MR) is 131 cm³/mol. The van der Waals surface area contributed by atoms with Gasteiger partial charge in [0.05, 0.1) is 0 Å². The first-order valence-electron chi connectivity index (χ1n) is 12.7. The van der Waals surface area contributed by atoms with E-state index in [0.29, 0.717) is 12.8 Å². The van der Waals surface area contributed by atoms with Crippen LogP contribution in [0.15, 0.2) is 48.5 Å². The van der Waals surface area contributed by atoms with Crippen molar-refractivity contribution < 1.29 is 24.2 Å². The van der Waals surface area contributed by atoms with Gasteiger partial charge in [-0.2, -0.15) is 0 Å². The highest BCUT2D eigenvalue weighted by Crippen LogP contribution is 2.44. The van der Waals surface area contributed by atoms with E-state index in [1.54, 1.807) is 0 Å². The quantitative estimate of drug-likeness (QED) is 0.507. The third-order valence-electron chi connectivity index (χ3n) is 7.72. The fourth-order valence-electron chi connectivity index (χ4n) is 5.63. The number of carboxylic acids is 1. The molecule has 0 spiro atoms. The number of ether oxygens (including phenoxy) is 1. The number of aliphatic carboxylic acids is 1. The minimum Gasteiger partial charge on any atom is -0.480 e. The Balaban J connectivity index is 1.25. The minimum absolute atomic E-state index is 0.00658. The molecular formula is C28H32N2O5. The zero-order valence-electron chi connectivity index (χ0n) is 19.8. The summed E-state index contributed by atoms with van der Waals surface area (Å²) in [5, 5.41) is 15.5. The van der Waals surface area contributed by atoms with Crippen molar-refractivity contribution in [3.05, 3.63) is 59.7 Å². The summed E-state index contributed by atoms with van der Waals surface area (Å²) in [4.78, 5) is 38.1. The van der Waals surface area contributed by atoms with Crippen LogP contribution in [0.4, 0.5) is 4.79 Å². The number of hydrogen-bond acceptors (Lipinski definition) is 4. The number of carboxylic acid groups (broad SMARTS) is 1. The van der Waals surface area contributed by atoms with Crippen LogP contribution in [0, 0.1) is 5.92 Å². The fourth-order valence-corrected chi connectivity index (χ4v) is 5.63. The van der Waals surface area contributed by atoms with Gasteiger partial charge in [-0.3, -0.25) is 4.79 Å². The molecule has 3 aliphatic carbocycles. The molecule has 184 valence electrons. The highest BCUT2D eigenvalue weighted by atomic mass is 16.5. The summed E-state index contributed by atoms with van der Waals surface area (Å²) in [6.07, 6.45) is 5.28. The number of benzene rings is 2. The molecule has 2 aromatic rings. The molecule has 0 heterocycles. The van der Waals surface area contributed by atoms with Gasteiger partial charge in [0.15, 0.2) is 0 Å². The summed E-state index contributed by atoms with van der Waals surface area (Å²) in [6, 6.07) is 15.4. The maximum atomic E-state index is 13.2. The molecule has 2 fully saturated rings. The lowest BCUT2D eigenvalue weighted by Gasteiger charge is -2.31. The molecule has 1 unspecified atom stereocenters. The van der Waals surface area contributed by atoms with Crippen LogP contribution in [0.2, 0.25) is 0 Å². The summed E-state index contributed by atoms with van der Waals surface area (Å²) in [5.74, 6) is -1.48. The van der Waals surface area contributed by atoms with Crippen molar-refractivity contribution >= 4 is 18.0 Å². The Kier molecular flexibility index (Phi) is 6.50. The standard InChI is InChI=1S/C28H32N2O5/c31-25(30-28(26(32)33)15-7-1-2-8-16-28)24(18-13-14-18)29-27(34)35-17-23-21-11-5-3-9-19(21)20-10-4-6-12-22(20)23/h3-6,9-12,18,23-24H,1-2,7-8,13-17H2,(H,29,34)(H,30,31)(H,32,33). The molecule has 3 N–H and O–H groups in total. The second-order valence-electron chi connectivity index (χ2n) is 10.1. The number of amides is 2. The van der Waals surface area contributed by atoms with E-state index < -0.39 is 29.6 Å². The molecule has 3 aliphatic rings. The highest BCUT2D eigenvalue weighted by molar-refractivity contribution is 5.91. The monoisotopic (exact) mass is 476 g/mol. The number of fused-ring (bicyclic) bond motifs is 3. The van der Waals surface area contributed by atoms with Gasteiger partial charge in [0.1, 0.15) is 18.2 Å². The molecule has 2 amide bonds. The Morgan fingerprint density at radius 3 is 2.03 bits per heavy atom. The predicted octanol–water partition coefficient (Wildman–Crippen LogP) is 4.60. The minimum atomic E-state index is -1.26. The van der Waals surface area contributed by atoms with Crippen LogP contribution in [-0.2, 0) is 14.3 Å². The van der Waals surface area contributed by atoms with E-state index in [0.717, 1.165) is 60.8 Å². The maximum Gasteiger partial charge on any atom is 0.407 e. The van der Waals surface area contributed by atoms with Crippen molar-refractivity contribution in [1.29, 1.82) is 0 Å². The molecule has 0 aliphatic heterocycles. The molecule has 5 rings (SSSR count). The smallest absolute Gasteiger partial charge is 0.407 e. The van der Waals surface area contributed by atoms with Gasteiger partial charge in [0.2, 0.25) is 5.91 Å². The van der Waals surface area contributed by atoms with E-state index in [1.807, 2.05) is 24.3 Å². The molecule has 0 radical (unpaired) electrons. The second-order valence-corrected chi connectivity index (χ2v) is 10.1. The summed E-state index contributed by atoms with van der Waals surface area (Å²) in [6.45, 7) is 0.165. The lowest BCUT2D eigenvalue weighted by atomic mass is 9.89. The van der Waals surface area contributed by atoms with Crippen LogP contribution in [0.3, 0.4) is 0 Å². The number of hydrogen-bond donors (Lipinski definition) is 3. The molecule has 0 saturated heterocycles. The second kappa shape index (κ2) is 9.72. The van der Waals surface area contributed by atoms with Crippen LogP contribution in [-0.4, -0.2) is 41.3 Å². The molecular weight excluding hydrogens is 444 g/mol. The maximum absolute atomic E-state index is 13.2. The lowest BCUT2D eigenvalue weighted by Crippen LogP contribution is -2.59. The molecule has 7 heteroatoms. The van der Waals surface area contributed by atoms with E-state index in [1.165, 1.54) is 0 Å². The van der Waals surface area contributed by atoms with Gasteiger partial charge in [0, 0.05) is 5.92 Å². The Morgan fingerprint density at radius 1 is 0.914 bits per heavy atom. The van der Waals surface area contributed by atoms with Crippen molar-refractivity contribution in [1.82, 2.24) is 10.6 Å². The van der Waals surface area contributed by atoms with E-state index in [9.17, 15) is 19.5 Å². The first kappa shape index (κ1) is 23.4. The molecule has 1 atom stereocenters. The fraction of sp³-hybridized carbons (Fsp3) is 0.464. The number of carbonyl (C=O) groups excluding carboxylic acids is 2. The van der Waals surface area contributed by atoms with E-state index in [2.05, 4.69) is 34.9 Å². The first-order chi connectivity index (χ1) is 17.0. The lowest BCUT2D eigenvalue weighted by molar-refractivity contribution is -0.148. The number of alkyl carbamates (subject to hydrolysis) is 1. The first-order valence-corrected chi connectivity index (χ1v) is 12.7.